The monoisotopic (exact) mass is 526 g/mol. The lowest BCUT2D eigenvalue weighted by Crippen LogP contribution is -2.49. The van der Waals surface area contributed by atoms with Crippen molar-refractivity contribution in [1.29, 1.82) is 0 Å². The van der Waals surface area contributed by atoms with Crippen LogP contribution in [-0.2, 0) is 16.0 Å². The maximum Gasteiger partial charge on any atom is 0.417 e. The summed E-state index contributed by atoms with van der Waals surface area (Å²) >= 11 is 6.05. The molecule has 0 radical (unpaired) electrons. The highest BCUT2D eigenvalue weighted by atomic mass is 35.5. The van der Waals surface area contributed by atoms with E-state index in [0.29, 0.717) is 12.5 Å². The maximum absolute atomic E-state index is 14.1. The molecular formula is C21H20ClF5N2O4S. The van der Waals surface area contributed by atoms with Crippen molar-refractivity contribution in [2.75, 3.05) is 6.26 Å². The van der Waals surface area contributed by atoms with Crippen molar-refractivity contribution in [3.05, 3.63) is 58.1 Å². The zero-order chi connectivity index (χ0) is 25.5. The summed E-state index contributed by atoms with van der Waals surface area (Å²) in [6.45, 7) is 0. The van der Waals surface area contributed by atoms with Crippen LogP contribution in [0.3, 0.4) is 0 Å². The lowest BCUT2D eigenvalue weighted by molar-refractivity contribution is -0.138. The molecule has 186 valence electrons. The third-order valence-electron chi connectivity index (χ3n) is 5.68. The minimum absolute atomic E-state index is 0.0665. The fourth-order valence-corrected chi connectivity index (χ4v) is 4.94. The second kappa shape index (κ2) is 9.38. The molecule has 1 aliphatic rings. The molecule has 13 heteroatoms. The molecule has 1 atom stereocenters. The smallest absolute Gasteiger partial charge is 0.387 e. The van der Waals surface area contributed by atoms with Gasteiger partial charge in [0.1, 0.15) is 17.7 Å². The second-order valence-electron chi connectivity index (χ2n) is 8.17. The van der Waals surface area contributed by atoms with E-state index in [2.05, 4.69) is 10.3 Å². The van der Waals surface area contributed by atoms with E-state index in [4.69, 9.17) is 11.6 Å². The van der Waals surface area contributed by atoms with Gasteiger partial charge in [-0.25, -0.2) is 22.2 Å². The van der Waals surface area contributed by atoms with Crippen LogP contribution in [0.4, 0.5) is 22.0 Å². The minimum Gasteiger partial charge on any atom is -0.387 e. The third kappa shape index (κ3) is 5.49. The van der Waals surface area contributed by atoms with Crippen molar-refractivity contribution >= 4 is 27.3 Å². The highest BCUT2D eigenvalue weighted by Gasteiger charge is 2.44. The number of alkyl halides is 4. The number of hydrogen-bond donors (Lipinski definition) is 2. The number of sulfone groups is 1. The van der Waals surface area contributed by atoms with Crippen molar-refractivity contribution < 1.29 is 40.3 Å². The number of aliphatic hydroxyl groups is 1. The van der Waals surface area contributed by atoms with Gasteiger partial charge < -0.3 is 10.4 Å². The van der Waals surface area contributed by atoms with E-state index < -0.39 is 66.7 Å². The molecule has 1 aromatic heterocycles. The van der Waals surface area contributed by atoms with Crippen molar-refractivity contribution in [3.63, 3.8) is 0 Å². The van der Waals surface area contributed by atoms with Gasteiger partial charge in [-0.1, -0.05) is 23.7 Å². The first kappa shape index (κ1) is 26.3. The van der Waals surface area contributed by atoms with Gasteiger partial charge >= 0.3 is 6.18 Å². The Morgan fingerprint density at radius 1 is 1.29 bits per heavy atom. The van der Waals surface area contributed by atoms with Crippen molar-refractivity contribution in [2.45, 2.75) is 54.6 Å². The standard InChI is InChI=1S/C21H20ClF5N2O4S/c1-34(32,33)15-9-11(21(25,26)27)10-28-17(15)19(30)29-18(13-3-2-4-14(24)16(13)22)20(31)7-5-12(23)6-8-20/h2-4,9-10,12,18,31H,5-8H2,1H3,(H,29,30)/t12-,18?,20+. The van der Waals surface area contributed by atoms with E-state index in [-0.39, 0.29) is 37.3 Å². The number of nitrogens with one attached hydrogen (secondary N) is 1. The molecule has 0 aliphatic heterocycles. The van der Waals surface area contributed by atoms with E-state index in [1.165, 1.54) is 12.1 Å². The molecule has 1 aliphatic carbocycles. The number of rotatable bonds is 5. The van der Waals surface area contributed by atoms with Crippen LogP contribution in [0.15, 0.2) is 35.4 Å². The molecule has 1 saturated carbocycles. The van der Waals surface area contributed by atoms with Gasteiger partial charge in [-0.05, 0) is 43.4 Å². The molecule has 1 fully saturated rings. The summed E-state index contributed by atoms with van der Waals surface area (Å²) in [5.41, 5.74) is -4.10. The summed E-state index contributed by atoms with van der Waals surface area (Å²) in [4.78, 5) is 15.5. The lowest BCUT2D eigenvalue weighted by Gasteiger charge is -2.41. The first-order chi connectivity index (χ1) is 15.6. The quantitative estimate of drug-likeness (QED) is 0.563. The predicted octanol–water partition coefficient (Wildman–Crippen LogP) is 4.41. The molecule has 0 spiro atoms. The number of nitrogens with zero attached hydrogens (tertiary/aromatic N) is 1. The molecule has 1 amide bonds. The van der Waals surface area contributed by atoms with Gasteiger partial charge in [0.2, 0.25) is 0 Å². The largest absolute Gasteiger partial charge is 0.417 e. The van der Waals surface area contributed by atoms with Gasteiger partial charge in [-0.3, -0.25) is 4.79 Å². The van der Waals surface area contributed by atoms with Crippen LogP contribution in [0, 0.1) is 5.82 Å². The molecule has 2 N–H and O–H groups in total. The Kier molecular flexibility index (Phi) is 7.26. The summed E-state index contributed by atoms with van der Waals surface area (Å²) in [7, 11) is -4.35. The number of carbonyl (C=O) groups is 1. The van der Waals surface area contributed by atoms with E-state index in [0.717, 1.165) is 6.07 Å². The Morgan fingerprint density at radius 2 is 1.91 bits per heavy atom. The molecule has 6 nitrogen and oxygen atoms in total. The van der Waals surface area contributed by atoms with Crippen LogP contribution in [0.5, 0.6) is 0 Å². The molecule has 2 aromatic rings. The van der Waals surface area contributed by atoms with Gasteiger partial charge in [0, 0.05) is 12.5 Å². The average molecular weight is 527 g/mol. The molecule has 1 unspecified atom stereocenters. The average Bonchev–Trinajstić information content (AvgIpc) is 2.74. The molecule has 0 bridgehead atoms. The summed E-state index contributed by atoms with van der Waals surface area (Å²) < 4.78 is 91.4. The van der Waals surface area contributed by atoms with Crippen LogP contribution in [0.25, 0.3) is 0 Å². The Morgan fingerprint density at radius 3 is 2.47 bits per heavy atom. The predicted molar refractivity (Wildman–Crippen MR) is 112 cm³/mol. The second-order valence-corrected chi connectivity index (χ2v) is 10.5. The topological polar surface area (TPSA) is 96.4 Å². The Labute approximate surface area is 197 Å². The number of halogens is 6. The summed E-state index contributed by atoms with van der Waals surface area (Å²) in [5.74, 6) is -2.11. The van der Waals surface area contributed by atoms with Crippen LogP contribution >= 0.6 is 11.6 Å². The van der Waals surface area contributed by atoms with Gasteiger partial charge in [-0.15, -0.1) is 0 Å². The summed E-state index contributed by atoms with van der Waals surface area (Å²) in [5, 5.41) is 13.1. The van der Waals surface area contributed by atoms with Gasteiger partial charge in [-0.2, -0.15) is 13.2 Å². The fourth-order valence-electron chi connectivity index (χ4n) is 3.87. The highest BCUT2D eigenvalue weighted by Crippen LogP contribution is 2.42. The Hall–Kier alpha value is -2.31. The SMILES string of the molecule is CS(=O)(=O)c1cc(C(F)(F)F)cnc1C(=O)NC(c1cccc(F)c1Cl)[C@]1(O)CC[C@@H](F)CC1. The van der Waals surface area contributed by atoms with Gasteiger partial charge in [0.25, 0.3) is 5.91 Å². The normalized spacial score (nSPS) is 22.3. The first-order valence-corrected chi connectivity index (χ1v) is 12.3. The zero-order valence-corrected chi connectivity index (χ0v) is 19.2. The lowest BCUT2D eigenvalue weighted by atomic mass is 9.76. The van der Waals surface area contributed by atoms with Crippen LogP contribution in [-0.4, -0.2) is 42.4 Å². The number of pyridine rings is 1. The molecular weight excluding hydrogens is 507 g/mol. The number of amides is 1. The van der Waals surface area contributed by atoms with Gasteiger partial charge in [0.05, 0.1) is 27.1 Å². The van der Waals surface area contributed by atoms with Gasteiger partial charge in [0.15, 0.2) is 9.84 Å². The third-order valence-corrected chi connectivity index (χ3v) is 7.19. The number of carbonyl (C=O) groups excluding carboxylic acids is 1. The maximum atomic E-state index is 14.1. The molecule has 34 heavy (non-hydrogen) atoms. The summed E-state index contributed by atoms with van der Waals surface area (Å²) in [6.07, 6.45) is -5.63. The number of aromatic nitrogens is 1. The van der Waals surface area contributed by atoms with Crippen molar-refractivity contribution in [2.24, 2.45) is 0 Å². The Balaban J connectivity index is 2.09. The van der Waals surface area contributed by atoms with Crippen molar-refractivity contribution in [3.8, 4) is 0 Å². The minimum atomic E-state index is -4.92. The van der Waals surface area contributed by atoms with E-state index in [9.17, 15) is 40.3 Å². The molecule has 1 aromatic carbocycles. The van der Waals surface area contributed by atoms with Crippen LogP contribution in [0.1, 0.15) is 53.3 Å². The molecule has 1 heterocycles. The number of hydrogen-bond acceptors (Lipinski definition) is 5. The molecule has 3 rings (SSSR count). The Bertz CT molecular complexity index is 1200. The van der Waals surface area contributed by atoms with E-state index >= 15 is 0 Å². The van der Waals surface area contributed by atoms with Crippen molar-refractivity contribution in [1.82, 2.24) is 10.3 Å². The van der Waals surface area contributed by atoms with E-state index in [1.807, 2.05) is 0 Å². The molecule has 0 saturated heterocycles. The first-order valence-electron chi connectivity index (χ1n) is 10.0. The summed E-state index contributed by atoms with van der Waals surface area (Å²) in [6, 6.07) is 2.45. The highest BCUT2D eigenvalue weighted by molar-refractivity contribution is 7.90. The van der Waals surface area contributed by atoms with E-state index in [1.54, 1.807) is 0 Å². The zero-order valence-electron chi connectivity index (χ0n) is 17.7. The number of benzene rings is 1. The van der Waals surface area contributed by atoms with Crippen LogP contribution < -0.4 is 5.32 Å². The fraction of sp³-hybridized carbons (Fsp3) is 0.429. The van der Waals surface area contributed by atoms with Crippen LogP contribution in [0.2, 0.25) is 5.02 Å².